The second-order valence-corrected chi connectivity index (χ2v) is 6.42. The van der Waals surface area contributed by atoms with Gasteiger partial charge in [-0.25, -0.2) is 4.79 Å². The number of urea groups is 1. The Bertz CT molecular complexity index is 502. The zero-order chi connectivity index (χ0) is 14.3. The lowest BCUT2D eigenvalue weighted by atomic mass is 9.94. The summed E-state index contributed by atoms with van der Waals surface area (Å²) >= 11 is 0. The Morgan fingerprint density at radius 3 is 2.40 bits per heavy atom. The molecule has 2 amide bonds. The van der Waals surface area contributed by atoms with Crippen LogP contribution in [0.2, 0.25) is 0 Å². The molecule has 0 unspecified atom stereocenters. The number of fused-ring (bicyclic) bond motifs is 1. The monoisotopic (exact) mass is 274 g/mol. The summed E-state index contributed by atoms with van der Waals surface area (Å²) in [6, 6.07) is 8.38. The second kappa shape index (κ2) is 4.77. The fourth-order valence-corrected chi connectivity index (χ4v) is 3.41. The minimum absolute atomic E-state index is 0.0138. The van der Waals surface area contributed by atoms with Gasteiger partial charge in [0.1, 0.15) is 0 Å². The number of carbonyl (C=O) groups excluding carboxylic acids is 1. The molecule has 0 saturated carbocycles. The van der Waals surface area contributed by atoms with Gasteiger partial charge in [0.2, 0.25) is 0 Å². The molecule has 2 aliphatic rings. The molecule has 4 heteroatoms. The van der Waals surface area contributed by atoms with Gasteiger partial charge in [-0.1, -0.05) is 38.1 Å². The first-order valence-electron chi connectivity index (χ1n) is 7.31. The summed E-state index contributed by atoms with van der Waals surface area (Å²) in [6.45, 7) is 4.93. The molecule has 1 saturated heterocycles. The van der Waals surface area contributed by atoms with Crippen LogP contribution < -0.4 is 5.32 Å². The van der Waals surface area contributed by atoms with Gasteiger partial charge in [0.05, 0.1) is 18.2 Å². The number of amides is 2. The van der Waals surface area contributed by atoms with Crippen molar-refractivity contribution in [3.63, 3.8) is 0 Å². The summed E-state index contributed by atoms with van der Waals surface area (Å²) in [5.74, 6) is 0.406. The molecule has 1 aliphatic heterocycles. The van der Waals surface area contributed by atoms with Crippen LogP contribution in [0.1, 0.15) is 25.0 Å². The quantitative estimate of drug-likeness (QED) is 0.879. The molecule has 4 nitrogen and oxygen atoms in total. The molecule has 1 fully saturated rings. The van der Waals surface area contributed by atoms with E-state index in [4.69, 9.17) is 0 Å². The maximum absolute atomic E-state index is 12.3. The van der Waals surface area contributed by atoms with Crippen LogP contribution in [-0.4, -0.2) is 40.8 Å². The largest absolute Gasteiger partial charge is 0.394 e. The highest BCUT2D eigenvalue weighted by Gasteiger charge is 2.48. The molecule has 0 aromatic heterocycles. The Kier molecular flexibility index (Phi) is 3.21. The van der Waals surface area contributed by atoms with E-state index in [-0.39, 0.29) is 18.7 Å². The number of hydrogen-bond donors (Lipinski definition) is 2. The average Bonchev–Trinajstić information content (AvgIpc) is 2.99. The van der Waals surface area contributed by atoms with Gasteiger partial charge in [0.15, 0.2) is 0 Å². The third-order valence-corrected chi connectivity index (χ3v) is 4.76. The lowest BCUT2D eigenvalue weighted by molar-refractivity contribution is 0.0737. The van der Waals surface area contributed by atoms with Crippen LogP contribution in [0.3, 0.4) is 0 Å². The van der Waals surface area contributed by atoms with Crippen LogP contribution in [0.25, 0.3) is 0 Å². The van der Waals surface area contributed by atoms with E-state index in [1.807, 2.05) is 17.0 Å². The summed E-state index contributed by atoms with van der Waals surface area (Å²) in [6.07, 6.45) is 1.50. The first-order valence-corrected chi connectivity index (χ1v) is 7.31. The van der Waals surface area contributed by atoms with Gasteiger partial charge in [0, 0.05) is 6.54 Å². The molecule has 2 N–H and O–H groups in total. The Balaban J connectivity index is 1.87. The van der Waals surface area contributed by atoms with E-state index in [0.717, 1.165) is 12.8 Å². The second-order valence-electron chi connectivity index (χ2n) is 6.42. The van der Waals surface area contributed by atoms with Gasteiger partial charge >= 0.3 is 6.03 Å². The van der Waals surface area contributed by atoms with Crippen molar-refractivity contribution in [3.05, 3.63) is 35.4 Å². The van der Waals surface area contributed by atoms with Crippen molar-refractivity contribution in [2.24, 2.45) is 5.92 Å². The lowest BCUT2D eigenvalue weighted by Gasteiger charge is -2.36. The van der Waals surface area contributed by atoms with Crippen molar-refractivity contribution < 1.29 is 9.90 Å². The van der Waals surface area contributed by atoms with Crippen LogP contribution in [0.4, 0.5) is 4.79 Å². The zero-order valence-corrected chi connectivity index (χ0v) is 12.1. The third kappa shape index (κ3) is 1.99. The van der Waals surface area contributed by atoms with E-state index in [0.29, 0.717) is 12.5 Å². The maximum Gasteiger partial charge on any atom is 0.318 e. The zero-order valence-electron chi connectivity index (χ0n) is 12.1. The summed E-state index contributed by atoms with van der Waals surface area (Å²) in [4.78, 5) is 14.2. The van der Waals surface area contributed by atoms with Crippen molar-refractivity contribution in [1.29, 1.82) is 0 Å². The minimum Gasteiger partial charge on any atom is -0.394 e. The SMILES string of the molecule is CC(C)[C@@H]1CN(C2(CO)Cc3ccccc3C2)C(=O)N1. The maximum atomic E-state index is 12.3. The third-order valence-electron chi connectivity index (χ3n) is 4.76. The predicted molar refractivity (Wildman–Crippen MR) is 77.5 cm³/mol. The van der Waals surface area contributed by atoms with E-state index in [1.54, 1.807) is 0 Å². The molecule has 1 heterocycles. The molecule has 0 radical (unpaired) electrons. The van der Waals surface area contributed by atoms with Gasteiger partial charge in [-0.2, -0.15) is 0 Å². The van der Waals surface area contributed by atoms with Gasteiger partial charge in [0.25, 0.3) is 0 Å². The van der Waals surface area contributed by atoms with Crippen LogP contribution in [0.5, 0.6) is 0 Å². The number of nitrogens with one attached hydrogen (secondary N) is 1. The number of benzene rings is 1. The molecule has 0 spiro atoms. The smallest absolute Gasteiger partial charge is 0.318 e. The standard InChI is InChI=1S/C16H22N2O2/c1-11(2)14-9-18(15(20)17-14)16(10-19)7-12-5-3-4-6-13(12)8-16/h3-6,11,14,19H,7-10H2,1-2H3,(H,17,20)/t14-/m0/s1. The molecule has 1 aromatic rings. The van der Waals surface area contributed by atoms with E-state index in [1.165, 1.54) is 11.1 Å². The predicted octanol–water partition coefficient (Wildman–Crippen LogP) is 1.57. The Morgan fingerprint density at radius 2 is 1.95 bits per heavy atom. The number of aliphatic hydroxyl groups excluding tert-OH is 1. The van der Waals surface area contributed by atoms with Crippen LogP contribution in [-0.2, 0) is 12.8 Å². The fourth-order valence-electron chi connectivity index (χ4n) is 3.41. The van der Waals surface area contributed by atoms with Gasteiger partial charge in [-0.3, -0.25) is 0 Å². The lowest BCUT2D eigenvalue weighted by Crippen LogP contribution is -2.54. The van der Waals surface area contributed by atoms with Crippen molar-refractivity contribution in [1.82, 2.24) is 10.2 Å². The fraction of sp³-hybridized carbons (Fsp3) is 0.562. The van der Waals surface area contributed by atoms with E-state index in [9.17, 15) is 9.90 Å². The topological polar surface area (TPSA) is 52.6 Å². The number of aliphatic hydroxyl groups is 1. The van der Waals surface area contributed by atoms with Crippen molar-refractivity contribution >= 4 is 6.03 Å². The summed E-state index contributed by atoms with van der Waals surface area (Å²) < 4.78 is 0. The van der Waals surface area contributed by atoms with E-state index in [2.05, 4.69) is 31.3 Å². The summed E-state index contributed by atoms with van der Waals surface area (Å²) in [5.41, 5.74) is 2.04. The number of hydrogen-bond acceptors (Lipinski definition) is 2. The Labute approximate surface area is 119 Å². The summed E-state index contributed by atoms with van der Waals surface area (Å²) in [7, 11) is 0. The van der Waals surface area contributed by atoms with Crippen LogP contribution in [0.15, 0.2) is 24.3 Å². The van der Waals surface area contributed by atoms with Crippen molar-refractivity contribution in [2.45, 2.75) is 38.3 Å². The molecule has 108 valence electrons. The van der Waals surface area contributed by atoms with Crippen molar-refractivity contribution in [3.8, 4) is 0 Å². The van der Waals surface area contributed by atoms with E-state index >= 15 is 0 Å². The number of carbonyl (C=O) groups is 1. The highest BCUT2D eigenvalue weighted by Crippen LogP contribution is 2.36. The molecule has 3 rings (SSSR count). The summed E-state index contributed by atoms with van der Waals surface area (Å²) in [5, 5.41) is 13.0. The molecule has 20 heavy (non-hydrogen) atoms. The van der Waals surface area contributed by atoms with Crippen LogP contribution >= 0.6 is 0 Å². The molecule has 0 bridgehead atoms. The van der Waals surface area contributed by atoms with Crippen molar-refractivity contribution in [2.75, 3.05) is 13.2 Å². The first-order chi connectivity index (χ1) is 9.55. The van der Waals surface area contributed by atoms with Gasteiger partial charge < -0.3 is 15.3 Å². The average molecular weight is 274 g/mol. The Morgan fingerprint density at radius 1 is 1.35 bits per heavy atom. The molecular weight excluding hydrogens is 252 g/mol. The first kappa shape index (κ1) is 13.4. The highest BCUT2D eigenvalue weighted by atomic mass is 16.3. The van der Waals surface area contributed by atoms with Gasteiger partial charge in [-0.05, 0) is 29.9 Å². The normalized spacial score (nSPS) is 24.1. The highest BCUT2D eigenvalue weighted by molar-refractivity contribution is 5.78. The molecular formula is C16H22N2O2. The molecule has 1 aliphatic carbocycles. The minimum atomic E-state index is -0.461. The number of nitrogens with zero attached hydrogens (tertiary/aromatic N) is 1. The Hall–Kier alpha value is -1.55. The van der Waals surface area contributed by atoms with Gasteiger partial charge in [-0.15, -0.1) is 0 Å². The van der Waals surface area contributed by atoms with Crippen LogP contribution in [0, 0.1) is 5.92 Å². The number of rotatable bonds is 3. The molecule has 1 aromatic carbocycles. The molecule has 1 atom stereocenters. The van der Waals surface area contributed by atoms with E-state index < -0.39 is 5.54 Å².